The van der Waals surface area contributed by atoms with Gasteiger partial charge < -0.3 is 5.11 Å². The second-order valence-electron chi connectivity index (χ2n) is 11.9. The van der Waals surface area contributed by atoms with Crippen molar-refractivity contribution >= 4 is 0 Å². The van der Waals surface area contributed by atoms with Gasteiger partial charge in [0.05, 0.1) is 6.10 Å². The van der Waals surface area contributed by atoms with Gasteiger partial charge >= 0.3 is 0 Å². The first-order valence-electron chi connectivity index (χ1n) is 12.4. The van der Waals surface area contributed by atoms with Gasteiger partial charge in [0.15, 0.2) is 0 Å². The van der Waals surface area contributed by atoms with E-state index < -0.39 is 0 Å². The molecule has 4 aliphatic carbocycles. The SMILES string of the molecule is CC(C)[C@H](C)/C=C/[C@H](C)[C@@H]1CC[C@H]2C3=CC=C4C[C@@H](O)CC[C@]4(C)[C@H]3CC[C@@]21C. The Balaban J connectivity index is 1.57. The molecule has 3 saturated carbocycles. The molecule has 4 rings (SSSR count). The largest absolute Gasteiger partial charge is 0.393 e. The van der Waals surface area contributed by atoms with Gasteiger partial charge in [-0.25, -0.2) is 0 Å². The zero-order valence-electron chi connectivity index (χ0n) is 19.7. The number of rotatable bonds is 4. The molecule has 0 aromatic carbocycles. The van der Waals surface area contributed by atoms with Gasteiger partial charge in [0.1, 0.15) is 0 Å². The molecule has 162 valence electrons. The van der Waals surface area contributed by atoms with E-state index >= 15 is 0 Å². The average Bonchev–Trinajstić information content (AvgIpc) is 3.03. The van der Waals surface area contributed by atoms with E-state index in [-0.39, 0.29) is 6.10 Å². The fraction of sp³-hybridized carbons (Fsp3) is 0.786. The van der Waals surface area contributed by atoms with Gasteiger partial charge in [-0.3, -0.25) is 0 Å². The van der Waals surface area contributed by atoms with E-state index in [0.29, 0.717) is 22.7 Å². The van der Waals surface area contributed by atoms with Crippen LogP contribution in [0.3, 0.4) is 0 Å². The topological polar surface area (TPSA) is 20.2 Å². The van der Waals surface area contributed by atoms with Gasteiger partial charge in [-0.15, -0.1) is 0 Å². The summed E-state index contributed by atoms with van der Waals surface area (Å²) in [6.45, 7) is 14.6. The second kappa shape index (κ2) is 7.70. The van der Waals surface area contributed by atoms with Crippen LogP contribution in [0.1, 0.15) is 86.5 Å². The molecule has 8 atom stereocenters. The molecule has 0 amide bonds. The summed E-state index contributed by atoms with van der Waals surface area (Å²) in [6, 6.07) is 0. The van der Waals surface area contributed by atoms with Crippen LogP contribution in [0.2, 0.25) is 0 Å². The van der Waals surface area contributed by atoms with Gasteiger partial charge in [0.25, 0.3) is 0 Å². The van der Waals surface area contributed by atoms with Crippen molar-refractivity contribution in [2.75, 3.05) is 0 Å². The van der Waals surface area contributed by atoms with Crippen molar-refractivity contribution in [3.05, 3.63) is 35.5 Å². The number of aliphatic hydroxyl groups is 1. The predicted molar refractivity (Wildman–Crippen MR) is 123 cm³/mol. The Morgan fingerprint density at radius 1 is 0.931 bits per heavy atom. The molecular formula is C28H44O. The molecule has 1 nitrogen and oxygen atoms in total. The molecule has 0 unspecified atom stereocenters. The third-order valence-electron chi connectivity index (χ3n) is 10.0. The lowest BCUT2D eigenvalue weighted by Crippen LogP contribution is -2.46. The van der Waals surface area contributed by atoms with Gasteiger partial charge in [-0.1, -0.05) is 77.0 Å². The van der Waals surface area contributed by atoms with E-state index in [4.69, 9.17) is 0 Å². The molecule has 0 spiro atoms. The summed E-state index contributed by atoms with van der Waals surface area (Å²) in [5, 5.41) is 10.2. The number of allylic oxidation sites excluding steroid dienone is 5. The number of fused-ring (bicyclic) bond motifs is 5. The minimum absolute atomic E-state index is 0.116. The summed E-state index contributed by atoms with van der Waals surface area (Å²) >= 11 is 0. The van der Waals surface area contributed by atoms with Crippen LogP contribution >= 0.6 is 0 Å². The van der Waals surface area contributed by atoms with Gasteiger partial charge in [0.2, 0.25) is 0 Å². The predicted octanol–water partition coefficient (Wildman–Crippen LogP) is 7.33. The zero-order valence-corrected chi connectivity index (χ0v) is 19.7. The third kappa shape index (κ3) is 3.50. The first-order chi connectivity index (χ1) is 13.7. The van der Waals surface area contributed by atoms with Crippen molar-refractivity contribution < 1.29 is 5.11 Å². The third-order valence-corrected chi connectivity index (χ3v) is 10.0. The molecule has 3 fully saturated rings. The zero-order chi connectivity index (χ0) is 21.0. The Labute approximate surface area is 179 Å². The Morgan fingerprint density at radius 2 is 1.69 bits per heavy atom. The van der Waals surface area contributed by atoms with E-state index in [1.165, 1.54) is 37.7 Å². The summed E-state index contributed by atoms with van der Waals surface area (Å²) in [5.74, 6) is 4.38. The van der Waals surface area contributed by atoms with Crippen LogP contribution < -0.4 is 0 Å². The van der Waals surface area contributed by atoms with Crippen LogP contribution in [0, 0.1) is 46.3 Å². The standard InChI is InChI=1S/C28H44O/c1-18(2)19(3)7-8-20(4)24-11-12-25-23-10-9-21-17-22(29)13-15-27(21,5)26(23)14-16-28(24,25)6/h7-10,18-20,22,24-26,29H,11-17H2,1-6H3/b8-7+/t19-,20+,22+,24+,25+,26+,27+,28-/m1/s1. The Bertz CT molecular complexity index is 712. The maximum atomic E-state index is 10.2. The normalized spacial score (nSPS) is 44.0. The van der Waals surface area contributed by atoms with Crippen LogP contribution in [-0.2, 0) is 0 Å². The van der Waals surface area contributed by atoms with E-state index in [1.54, 1.807) is 5.57 Å². The van der Waals surface area contributed by atoms with Crippen LogP contribution in [0.25, 0.3) is 0 Å². The summed E-state index contributed by atoms with van der Waals surface area (Å²) in [5.41, 5.74) is 4.07. The maximum Gasteiger partial charge on any atom is 0.0578 e. The van der Waals surface area contributed by atoms with Crippen LogP contribution in [0.4, 0.5) is 0 Å². The Kier molecular flexibility index (Phi) is 5.69. The Hall–Kier alpha value is -0.820. The molecule has 1 N–H and O–H groups in total. The molecule has 4 aliphatic rings. The molecule has 0 radical (unpaired) electrons. The molecule has 0 saturated heterocycles. The van der Waals surface area contributed by atoms with E-state index in [0.717, 1.165) is 36.5 Å². The van der Waals surface area contributed by atoms with Crippen molar-refractivity contribution in [1.29, 1.82) is 0 Å². The highest BCUT2D eigenvalue weighted by molar-refractivity contribution is 5.39. The molecule has 0 aromatic heterocycles. The summed E-state index contributed by atoms with van der Waals surface area (Å²) in [6.07, 6.45) is 18.4. The lowest BCUT2D eigenvalue weighted by molar-refractivity contribution is 0.0382. The molecule has 0 heterocycles. The lowest BCUT2D eigenvalue weighted by atomic mass is 9.50. The maximum absolute atomic E-state index is 10.2. The van der Waals surface area contributed by atoms with Crippen molar-refractivity contribution in [3.63, 3.8) is 0 Å². The van der Waals surface area contributed by atoms with Crippen molar-refractivity contribution in [3.8, 4) is 0 Å². The highest BCUT2D eigenvalue weighted by Gasteiger charge is 2.56. The molecule has 0 aromatic rings. The van der Waals surface area contributed by atoms with Crippen molar-refractivity contribution in [2.24, 2.45) is 46.3 Å². The highest BCUT2D eigenvalue weighted by Crippen LogP contribution is 2.65. The van der Waals surface area contributed by atoms with E-state index in [1.807, 2.05) is 0 Å². The summed E-state index contributed by atoms with van der Waals surface area (Å²) in [4.78, 5) is 0. The molecule has 1 heteroatoms. The number of hydrogen-bond donors (Lipinski definition) is 1. The number of hydrogen-bond acceptors (Lipinski definition) is 1. The first-order valence-corrected chi connectivity index (χ1v) is 12.4. The second-order valence-corrected chi connectivity index (χ2v) is 11.9. The van der Waals surface area contributed by atoms with Crippen LogP contribution in [0.5, 0.6) is 0 Å². The van der Waals surface area contributed by atoms with Crippen LogP contribution in [0.15, 0.2) is 35.5 Å². The van der Waals surface area contributed by atoms with Gasteiger partial charge in [0, 0.05) is 0 Å². The summed E-state index contributed by atoms with van der Waals surface area (Å²) < 4.78 is 0. The smallest absolute Gasteiger partial charge is 0.0578 e. The lowest BCUT2D eigenvalue weighted by Gasteiger charge is -2.55. The highest BCUT2D eigenvalue weighted by atomic mass is 16.3. The van der Waals surface area contributed by atoms with Crippen molar-refractivity contribution in [1.82, 2.24) is 0 Å². The molecule has 0 aliphatic heterocycles. The fourth-order valence-electron chi connectivity index (χ4n) is 7.59. The first kappa shape index (κ1) is 21.4. The van der Waals surface area contributed by atoms with Gasteiger partial charge in [-0.05, 0) is 91.3 Å². The van der Waals surface area contributed by atoms with E-state index in [2.05, 4.69) is 65.8 Å². The molecule has 29 heavy (non-hydrogen) atoms. The summed E-state index contributed by atoms with van der Waals surface area (Å²) in [7, 11) is 0. The Morgan fingerprint density at radius 3 is 2.41 bits per heavy atom. The quantitative estimate of drug-likeness (QED) is 0.493. The van der Waals surface area contributed by atoms with Crippen molar-refractivity contribution in [2.45, 2.75) is 92.6 Å². The fourth-order valence-corrected chi connectivity index (χ4v) is 7.59. The average molecular weight is 397 g/mol. The monoisotopic (exact) mass is 396 g/mol. The molecular weight excluding hydrogens is 352 g/mol. The minimum atomic E-state index is -0.116. The van der Waals surface area contributed by atoms with Gasteiger partial charge in [-0.2, -0.15) is 0 Å². The van der Waals surface area contributed by atoms with E-state index in [9.17, 15) is 5.11 Å². The molecule has 0 bridgehead atoms. The van der Waals surface area contributed by atoms with Crippen LogP contribution in [-0.4, -0.2) is 11.2 Å². The minimum Gasteiger partial charge on any atom is -0.393 e. The number of aliphatic hydroxyl groups excluding tert-OH is 1.